The summed E-state index contributed by atoms with van der Waals surface area (Å²) in [6.07, 6.45) is 2.33. The van der Waals surface area contributed by atoms with Crippen LogP contribution < -0.4 is 4.18 Å². The molecule has 0 aliphatic carbocycles. The molecule has 0 aliphatic rings. The van der Waals surface area contributed by atoms with E-state index in [0.717, 1.165) is 22.7 Å². The fraction of sp³-hybridized carbons (Fsp3) is 0.0909. The Kier molecular flexibility index (Phi) is 3.37. The van der Waals surface area contributed by atoms with Crippen LogP contribution in [0.5, 0.6) is 5.88 Å². The van der Waals surface area contributed by atoms with E-state index in [1.165, 1.54) is 6.20 Å². The Morgan fingerprint density at radius 2 is 1.96 bits per heavy atom. The lowest BCUT2D eigenvalue weighted by Crippen LogP contribution is -2.28. The summed E-state index contributed by atoms with van der Waals surface area (Å²) in [7, 11) is -5.95. The van der Waals surface area contributed by atoms with Crippen LogP contribution in [-0.2, 0) is 10.1 Å². The number of halogens is 5. The Morgan fingerprint density at radius 3 is 2.61 bits per heavy atom. The zero-order valence-corrected chi connectivity index (χ0v) is 12.2. The summed E-state index contributed by atoms with van der Waals surface area (Å²) < 4.78 is 78.6. The number of hydrogen-bond acceptors (Lipinski definition) is 5. The molecule has 12 heteroatoms. The van der Waals surface area contributed by atoms with Gasteiger partial charge in [-0.2, -0.15) is 21.6 Å². The van der Waals surface area contributed by atoms with Crippen LogP contribution in [0.25, 0.3) is 16.7 Å². The van der Waals surface area contributed by atoms with Crippen LogP contribution in [0, 0.1) is 5.82 Å². The lowest BCUT2D eigenvalue weighted by Gasteiger charge is -2.11. The Morgan fingerprint density at radius 1 is 1.26 bits per heavy atom. The Labute approximate surface area is 130 Å². The summed E-state index contributed by atoms with van der Waals surface area (Å²) in [5, 5.41) is -0.0772. The van der Waals surface area contributed by atoms with Crippen LogP contribution in [-0.4, -0.2) is 28.3 Å². The number of benzene rings is 1. The highest BCUT2D eigenvalue weighted by Gasteiger charge is 2.49. The van der Waals surface area contributed by atoms with Gasteiger partial charge in [0.1, 0.15) is 5.52 Å². The van der Waals surface area contributed by atoms with Gasteiger partial charge in [0.15, 0.2) is 5.82 Å². The number of alkyl halides is 3. The van der Waals surface area contributed by atoms with Crippen molar-refractivity contribution in [1.82, 2.24) is 14.4 Å². The van der Waals surface area contributed by atoms with E-state index in [4.69, 9.17) is 11.6 Å². The number of aromatic nitrogens is 3. The van der Waals surface area contributed by atoms with Crippen molar-refractivity contribution in [3.8, 4) is 5.88 Å². The van der Waals surface area contributed by atoms with Gasteiger partial charge in [-0.05, 0) is 12.1 Å². The maximum absolute atomic E-state index is 14.0. The van der Waals surface area contributed by atoms with Crippen molar-refractivity contribution in [2.45, 2.75) is 5.51 Å². The van der Waals surface area contributed by atoms with E-state index >= 15 is 0 Å². The summed E-state index contributed by atoms with van der Waals surface area (Å²) in [6.45, 7) is 0. The molecule has 0 unspecified atom stereocenters. The molecule has 122 valence electrons. The monoisotopic (exact) mass is 369 g/mol. The third-order valence-corrected chi connectivity index (χ3v) is 3.94. The van der Waals surface area contributed by atoms with Gasteiger partial charge in [0.2, 0.25) is 5.65 Å². The second kappa shape index (κ2) is 4.93. The van der Waals surface area contributed by atoms with Gasteiger partial charge in [0.05, 0.1) is 5.52 Å². The summed E-state index contributed by atoms with van der Waals surface area (Å²) in [6, 6.07) is 2.12. The van der Waals surface area contributed by atoms with Gasteiger partial charge in [-0.25, -0.2) is 14.4 Å². The van der Waals surface area contributed by atoms with Crippen molar-refractivity contribution >= 4 is 38.4 Å². The molecule has 1 aromatic carbocycles. The minimum absolute atomic E-state index is 0.0772. The van der Waals surface area contributed by atoms with Crippen LogP contribution in [0.15, 0.2) is 24.5 Å². The van der Waals surface area contributed by atoms with Crippen molar-refractivity contribution in [3.63, 3.8) is 0 Å². The number of rotatable bonds is 2. The third kappa shape index (κ3) is 2.55. The number of hydrogen-bond donors (Lipinski definition) is 0. The Bertz CT molecular complexity index is 1030. The lowest BCUT2D eigenvalue weighted by atomic mass is 10.3. The second-order valence-electron chi connectivity index (χ2n) is 4.28. The predicted molar refractivity (Wildman–Crippen MR) is 71.1 cm³/mol. The quantitative estimate of drug-likeness (QED) is 0.394. The van der Waals surface area contributed by atoms with E-state index in [2.05, 4.69) is 14.2 Å². The predicted octanol–water partition coefficient (Wildman–Crippen LogP) is 2.90. The highest BCUT2D eigenvalue weighted by Crippen LogP contribution is 2.31. The fourth-order valence-corrected chi connectivity index (χ4v) is 2.50. The summed E-state index contributed by atoms with van der Waals surface area (Å²) in [5.74, 6) is -1.75. The maximum atomic E-state index is 14.0. The zero-order valence-electron chi connectivity index (χ0n) is 10.7. The first-order valence-electron chi connectivity index (χ1n) is 5.73. The first-order valence-corrected chi connectivity index (χ1v) is 7.51. The molecule has 0 fully saturated rings. The molecule has 2 aromatic heterocycles. The normalized spacial score (nSPS) is 12.9. The average Bonchev–Trinajstić information content (AvgIpc) is 2.85. The first kappa shape index (κ1) is 15.7. The molecule has 0 N–H and O–H groups in total. The van der Waals surface area contributed by atoms with Crippen molar-refractivity contribution < 1.29 is 30.2 Å². The highest BCUT2D eigenvalue weighted by molar-refractivity contribution is 7.88. The van der Waals surface area contributed by atoms with Crippen molar-refractivity contribution in [2.24, 2.45) is 0 Å². The molecule has 3 aromatic rings. The molecule has 0 saturated heterocycles. The standard InChI is InChI=1S/C11H4ClF4N3O3S/c12-5-3-6(13)8-7(4-5)18-10(9-17-1-2-19(8)9)22-23(20,21)11(14,15)16/h1-4H. The van der Waals surface area contributed by atoms with Gasteiger partial charge in [0, 0.05) is 17.4 Å². The smallest absolute Gasteiger partial charge is 0.351 e. The van der Waals surface area contributed by atoms with Gasteiger partial charge >= 0.3 is 15.6 Å². The van der Waals surface area contributed by atoms with Crippen molar-refractivity contribution in [3.05, 3.63) is 35.4 Å². The molecular formula is C11H4ClF4N3O3S. The molecular weight excluding hydrogens is 366 g/mol. The van der Waals surface area contributed by atoms with Crippen molar-refractivity contribution in [2.75, 3.05) is 0 Å². The topological polar surface area (TPSA) is 73.6 Å². The van der Waals surface area contributed by atoms with Gasteiger partial charge in [-0.3, -0.25) is 4.40 Å². The first-order chi connectivity index (χ1) is 10.6. The number of nitrogens with zero attached hydrogens (tertiary/aromatic N) is 3. The fourth-order valence-electron chi connectivity index (χ4n) is 1.88. The van der Waals surface area contributed by atoms with E-state index in [1.54, 1.807) is 0 Å². The summed E-state index contributed by atoms with van der Waals surface area (Å²) >= 11 is 5.66. The average molecular weight is 370 g/mol. The molecule has 0 radical (unpaired) electrons. The second-order valence-corrected chi connectivity index (χ2v) is 6.25. The minimum atomic E-state index is -5.95. The molecule has 6 nitrogen and oxygen atoms in total. The summed E-state index contributed by atoms with van der Waals surface area (Å²) in [4.78, 5) is 7.23. The van der Waals surface area contributed by atoms with Crippen LogP contribution in [0.3, 0.4) is 0 Å². The SMILES string of the molecule is O=S(=O)(Oc1nc2cc(Cl)cc(F)c2n2ccnc12)C(F)(F)F. The van der Waals surface area contributed by atoms with Crippen molar-refractivity contribution in [1.29, 1.82) is 0 Å². The lowest BCUT2D eigenvalue weighted by molar-refractivity contribution is -0.0500. The Balaban J connectivity index is 2.31. The molecule has 0 spiro atoms. The number of imidazole rings is 1. The maximum Gasteiger partial charge on any atom is 0.534 e. The van der Waals surface area contributed by atoms with E-state index in [0.29, 0.717) is 0 Å². The van der Waals surface area contributed by atoms with Crippen LogP contribution in [0.4, 0.5) is 17.6 Å². The van der Waals surface area contributed by atoms with Gasteiger partial charge in [0.25, 0.3) is 5.88 Å². The van der Waals surface area contributed by atoms with Gasteiger partial charge < -0.3 is 4.18 Å². The molecule has 0 amide bonds. The molecule has 3 rings (SSSR count). The van der Waals surface area contributed by atoms with Gasteiger partial charge in [-0.1, -0.05) is 11.6 Å². The van der Waals surface area contributed by atoms with Crippen LogP contribution >= 0.6 is 11.6 Å². The molecule has 0 saturated carbocycles. The molecule has 2 heterocycles. The molecule has 23 heavy (non-hydrogen) atoms. The van der Waals surface area contributed by atoms with E-state index in [1.807, 2.05) is 0 Å². The highest BCUT2D eigenvalue weighted by atomic mass is 35.5. The molecule has 0 bridgehead atoms. The largest absolute Gasteiger partial charge is 0.534 e. The summed E-state index contributed by atoms with van der Waals surface area (Å²) in [5.41, 5.74) is -6.38. The third-order valence-electron chi connectivity index (χ3n) is 2.78. The Hall–Kier alpha value is -2.14. The molecule has 0 atom stereocenters. The minimum Gasteiger partial charge on any atom is -0.351 e. The van der Waals surface area contributed by atoms with Crippen LogP contribution in [0.2, 0.25) is 5.02 Å². The molecule has 0 aliphatic heterocycles. The van der Waals surface area contributed by atoms with Crippen LogP contribution in [0.1, 0.15) is 0 Å². The van der Waals surface area contributed by atoms with E-state index < -0.39 is 33.0 Å². The van der Waals surface area contributed by atoms with E-state index in [9.17, 15) is 26.0 Å². The van der Waals surface area contributed by atoms with Gasteiger partial charge in [-0.15, -0.1) is 0 Å². The van der Waals surface area contributed by atoms with E-state index in [-0.39, 0.29) is 16.1 Å². The number of fused-ring (bicyclic) bond motifs is 3. The zero-order chi connectivity index (χ0) is 17.0.